The molecule has 1 N–H and O–H groups in total. The Labute approximate surface area is 114 Å². The average Bonchev–Trinajstić information content (AvgIpc) is 2.40. The van der Waals surface area contributed by atoms with Crippen LogP contribution in [0.4, 0.5) is 4.39 Å². The molecule has 0 bridgehead atoms. The van der Waals surface area contributed by atoms with Crippen LogP contribution in [0.2, 0.25) is 0 Å². The van der Waals surface area contributed by atoms with Crippen molar-refractivity contribution < 1.29 is 9.13 Å². The molecule has 0 unspecified atom stereocenters. The van der Waals surface area contributed by atoms with Crippen LogP contribution >= 0.6 is 0 Å². The second-order valence-corrected chi connectivity index (χ2v) is 4.81. The first kappa shape index (κ1) is 15.6. The predicted molar refractivity (Wildman–Crippen MR) is 73.1 cm³/mol. The van der Waals surface area contributed by atoms with Crippen molar-refractivity contribution in [2.75, 3.05) is 13.2 Å². The maximum absolute atomic E-state index is 13.6. The second-order valence-electron chi connectivity index (χ2n) is 4.81. The topological polar surface area (TPSA) is 45.0 Å². The molecule has 1 atom stereocenters. The lowest BCUT2D eigenvalue weighted by atomic mass is 10.0. The van der Waals surface area contributed by atoms with Crippen molar-refractivity contribution in [2.45, 2.75) is 33.4 Å². The Bertz CT molecular complexity index is 440. The minimum atomic E-state index is -0.287. The van der Waals surface area contributed by atoms with Crippen molar-refractivity contribution in [1.29, 1.82) is 5.26 Å². The van der Waals surface area contributed by atoms with E-state index in [9.17, 15) is 4.39 Å². The molecular weight excluding hydrogens is 243 g/mol. The van der Waals surface area contributed by atoms with Crippen molar-refractivity contribution in [3.63, 3.8) is 0 Å². The van der Waals surface area contributed by atoms with Gasteiger partial charge in [-0.25, -0.2) is 4.39 Å². The molecule has 0 aliphatic carbocycles. The number of hydrogen-bond acceptors (Lipinski definition) is 3. The normalized spacial score (nSPS) is 12.4. The van der Waals surface area contributed by atoms with Crippen LogP contribution in [-0.2, 0) is 11.3 Å². The molecule has 3 nitrogen and oxygen atoms in total. The molecule has 0 spiro atoms. The number of ether oxygens (including phenoxy) is 1. The van der Waals surface area contributed by atoms with E-state index in [1.807, 2.05) is 13.0 Å². The van der Waals surface area contributed by atoms with Crippen LogP contribution in [0.25, 0.3) is 0 Å². The summed E-state index contributed by atoms with van der Waals surface area (Å²) in [5.41, 5.74) is 0.991. The van der Waals surface area contributed by atoms with Gasteiger partial charge in [0, 0.05) is 24.8 Å². The van der Waals surface area contributed by atoms with E-state index in [0.29, 0.717) is 36.8 Å². The van der Waals surface area contributed by atoms with Crippen molar-refractivity contribution in [3.05, 3.63) is 35.1 Å². The zero-order valence-electron chi connectivity index (χ0n) is 11.7. The summed E-state index contributed by atoms with van der Waals surface area (Å²) in [6.45, 7) is 7.82. The van der Waals surface area contributed by atoms with Gasteiger partial charge in [0.25, 0.3) is 0 Å². The summed E-state index contributed by atoms with van der Waals surface area (Å²) in [6.07, 6.45) is 0. The number of nitrogens with zero attached hydrogens (tertiary/aromatic N) is 1. The smallest absolute Gasteiger partial charge is 0.127 e. The summed E-state index contributed by atoms with van der Waals surface area (Å²) in [5, 5.41) is 12.1. The monoisotopic (exact) mass is 264 g/mol. The Morgan fingerprint density at radius 3 is 2.74 bits per heavy atom. The number of rotatable bonds is 7. The first-order chi connectivity index (χ1) is 9.08. The molecule has 0 aliphatic rings. The lowest BCUT2D eigenvalue weighted by Crippen LogP contribution is -2.37. The third kappa shape index (κ3) is 4.98. The Morgan fingerprint density at radius 2 is 2.16 bits per heavy atom. The summed E-state index contributed by atoms with van der Waals surface area (Å²) < 4.78 is 19.0. The van der Waals surface area contributed by atoms with Crippen LogP contribution in [0.3, 0.4) is 0 Å². The summed E-state index contributed by atoms with van der Waals surface area (Å²) in [5.74, 6) is 0.110. The summed E-state index contributed by atoms with van der Waals surface area (Å²) in [6, 6.07) is 6.60. The highest BCUT2D eigenvalue weighted by molar-refractivity contribution is 5.33. The second kappa shape index (κ2) is 7.88. The molecule has 104 valence electrons. The van der Waals surface area contributed by atoms with Gasteiger partial charge in [0.05, 0.1) is 18.2 Å². The molecule has 0 heterocycles. The average molecular weight is 264 g/mol. The Balaban J connectivity index is 2.66. The zero-order chi connectivity index (χ0) is 14.3. The highest BCUT2D eigenvalue weighted by Gasteiger charge is 2.14. The molecule has 0 amide bonds. The van der Waals surface area contributed by atoms with Gasteiger partial charge in [0.15, 0.2) is 0 Å². The third-order valence-corrected chi connectivity index (χ3v) is 3.04. The molecule has 4 heteroatoms. The highest BCUT2D eigenvalue weighted by Crippen LogP contribution is 2.11. The Kier molecular flexibility index (Phi) is 6.48. The maximum Gasteiger partial charge on any atom is 0.127 e. The minimum absolute atomic E-state index is 0.171. The van der Waals surface area contributed by atoms with Crippen molar-refractivity contribution in [3.8, 4) is 6.07 Å². The molecule has 1 rings (SSSR count). The van der Waals surface area contributed by atoms with E-state index in [1.54, 1.807) is 6.07 Å². The first-order valence-corrected chi connectivity index (χ1v) is 6.58. The lowest BCUT2D eigenvalue weighted by molar-refractivity contribution is 0.107. The molecular formula is C15H21FN2O. The largest absolute Gasteiger partial charge is 0.380 e. The van der Waals surface area contributed by atoms with Gasteiger partial charge in [-0.1, -0.05) is 13.8 Å². The van der Waals surface area contributed by atoms with E-state index < -0.39 is 0 Å². The third-order valence-electron chi connectivity index (χ3n) is 3.04. The van der Waals surface area contributed by atoms with Gasteiger partial charge in [-0.3, -0.25) is 0 Å². The van der Waals surface area contributed by atoms with Gasteiger partial charge in [-0.15, -0.1) is 0 Å². The van der Waals surface area contributed by atoms with Gasteiger partial charge >= 0.3 is 0 Å². The first-order valence-electron chi connectivity index (χ1n) is 6.58. The number of halogens is 1. The van der Waals surface area contributed by atoms with E-state index in [4.69, 9.17) is 10.00 Å². The van der Waals surface area contributed by atoms with Crippen molar-refractivity contribution in [1.82, 2.24) is 5.32 Å². The Morgan fingerprint density at radius 1 is 1.42 bits per heavy atom. The van der Waals surface area contributed by atoms with E-state index in [-0.39, 0.29) is 11.9 Å². The van der Waals surface area contributed by atoms with Crippen LogP contribution in [0, 0.1) is 23.1 Å². The summed E-state index contributed by atoms with van der Waals surface area (Å²) in [7, 11) is 0. The van der Waals surface area contributed by atoms with E-state index in [1.165, 1.54) is 12.1 Å². The van der Waals surface area contributed by atoms with Gasteiger partial charge < -0.3 is 10.1 Å². The fourth-order valence-corrected chi connectivity index (χ4v) is 1.75. The van der Waals surface area contributed by atoms with Crippen LogP contribution in [0.1, 0.15) is 31.9 Å². The van der Waals surface area contributed by atoms with Gasteiger partial charge in [-0.2, -0.15) is 5.26 Å². The SMILES string of the molecule is CCOC[C@H](NCc1cc(C#N)ccc1F)C(C)C. The van der Waals surface area contributed by atoms with Crippen LogP contribution in [-0.4, -0.2) is 19.3 Å². The van der Waals surface area contributed by atoms with E-state index in [2.05, 4.69) is 19.2 Å². The van der Waals surface area contributed by atoms with Gasteiger partial charge in [0.2, 0.25) is 0 Å². The number of nitrogens with one attached hydrogen (secondary N) is 1. The quantitative estimate of drug-likeness (QED) is 0.823. The summed E-state index contributed by atoms with van der Waals surface area (Å²) >= 11 is 0. The van der Waals surface area contributed by atoms with Gasteiger partial charge in [-0.05, 0) is 31.0 Å². The summed E-state index contributed by atoms with van der Waals surface area (Å²) in [4.78, 5) is 0. The molecule has 0 aromatic heterocycles. The standard InChI is InChI=1S/C15H21FN2O/c1-4-19-10-15(11(2)3)18-9-13-7-12(8-17)5-6-14(13)16/h5-7,11,15,18H,4,9-10H2,1-3H3/t15-/m0/s1. The molecule has 1 aromatic rings. The molecule has 0 radical (unpaired) electrons. The zero-order valence-corrected chi connectivity index (χ0v) is 11.7. The van der Waals surface area contributed by atoms with Crippen LogP contribution in [0.15, 0.2) is 18.2 Å². The Hall–Kier alpha value is -1.44. The van der Waals surface area contributed by atoms with Gasteiger partial charge in [0.1, 0.15) is 5.82 Å². The number of nitriles is 1. The van der Waals surface area contributed by atoms with Crippen molar-refractivity contribution in [2.24, 2.45) is 5.92 Å². The number of benzene rings is 1. The fraction of sp³-hybridized carbons (Fsp3) is 0.533. The minimum Gasteiger partial charge on any atom is -0.380 e. The van der Waals surface area contributed by atoms with Crippen molar-refractivity contribution >= 4 is 0 Å². The molecule has 19 heavy (non-hydrogen) atoms. The maximum atomic E-state index is 13.6. The molecule has 0 saturated carbocycles. The molecule has 0 fully saturated rings. The fourth-order valence-electron chi connectivity index (χ4n) is 1.75. The molecule has 0 aliphatic heterocycles. The van der Waals surface area contributed by atoms with Crippen LogP contribution in [0.5, 0.6) is 0 Å². The highest BCUT2D eigenvalue weighted by atomic mass is 19.1. The molecule has 0 saturated heterocycles. The van der Waals surface area contributed by atoms with Crippen LogP contribution < -0.4 is 5.32 Å². The van der Waals surface area contributed by atoms with E-state index >= 15 is 0 Å². The van der Waals surface area contributed by atoms with E-state index in [0.717, 1.165) is 0 Å². The number of hydrogen-bond donors (Lipinski definition) is 1. The predicted octanol–water partition coefficient (Wildman–Crippen LogP) is 2.85. The molecule has 1 aromatic carbocycles. The lowest BCUT2D eigenvalue weighted by Gasteiger charge is -2.22.